The predicted molar refractivity (Wildman–Crippen MR) is 77.6 cm³/mol. The number of carbonyl (C=O) groups excluding carboxylic acids is 1. The van der Waals surface area contributed by atoms with Crippen LogP contribution in [0.1, 0.15) is 27.0 Å². The molecule has 1 N–H and O–H groups in total. The van der Waals surface area contributed by atoms with Gasteiger partial charge in [0.2, 0.25) is 0 Å². The second-order valence-electron chi connectivity index (χ2n) is 5.01. The number of hydrogen-bond donors (Lipinski definition) is 1. The fraction of sp³-hybridized carbons (Fsp3) is 0.118. The SMILES string of the molecule is Cc1ccc(F)c(C(=O)c2c[nH]c3cccc(C)c23)c1. The molecule has 3 rings (SSSR count). The lowest BCUT2D eigenvalue weighted by Crippen LogP contribution is -2.04. The smallest absolute Gasteiger partial charge is 0.198 e. The van der Waals surface area contributed by atoms with Crippen LogP contribution in [0, 0.1) is 19.7 Å². The fourth-order valence-electron chi connectivity index (χ4n) is 2.50. The summed E-state index contributed by atoms with van der Waals surface area (Å²) in [4.78, 5) is 15.7. The Balaban J connectivity index is 2.21. The molecule has 0 saturated carbocycles. The highest BCUT2D eigenvalue weighted by Crippen LogP contribution is 2.25. The van der Waals surface area contributed by atoms with E-state index in [0.29, 0.717) is 5.56 Å². The summed E-state index contributed by atoms with van der Waals surface area (Å²) >= 11 is 0. The van der Waals surface area contributed by atoms with Gasteiger partial charge >= 0.3 is 0 Å². The molecular weight excluding hydrogens is 253 g/mol. The first kappa shape index (κ1) is 12.6. The maximum atomic E-state index is 13.9. The molecule has 0 saturated heterocycles. The molecule has 0 radical (unpaired) electrons. The number of ketones is 1. The van der Waals surface area contributed by atoms with E-state index in [9.17, 15) is 9.18 Å². The maximum absolute atomic E-state index is 13.9. The van der Waals surface area contributed by atoms with Crippen LogP contribution in [-0.4, -0.2) is 10.8 Å². The molecule has 0 bridgehead atoms. The van der Waals surface area contributed by atoms with Crippen molar-refractivity contribution < 1.29 is 9.18 Å². The fourth-order valence-corrected chi connectivity index (χ4v) is 2.50. The largest absolute Gasteiger partial charge is 0.360 e. The maximum Gasteiger partial charge on any atom is 0.198 e. The Morgan fingerprint density at radius 3 is 2.70 bits per heavy atom. The van der Waals surface area contributed by atoms with Gasteiger partial charge in [-0.15, -0.1) is 0 Å². The summed E-state index contributed by atoms with van der Waals surface area (Å²) in [6, 6.07) is 10.4. The van der Waals surface area contributed by atoms with E-state index in [1.165, 1.54) is 6.07 Å². The Kier molecular flexibility index (Phi) is 2.90. The van der Waals surface area contributed by atoms with E-state index in [-0.39, 0.29) is 11.3 Å². The van der Waals surface area contributed by atoms with Crippen LogP contribution in [0.25, 0.3) is 10.9 Å². The van der Waals surface area contributed by atoms with Gasteiger partial charge in [0.1, 0.15) is 5.82 Å². The summed E-state index contributed by atoms with van der Waals surface area (Å²) < 4.78 is 13.9. The van der Waals surface area contributed by atoms with Crippen LogP contribution >= 0.6 is 0 Å². The molecule has 3 heteroatoms. The molecule has 0 aliphatic rings. The van der Waals surface area contributed by atoms with Gasteiger partial charge in [0.15, 0.2) is 5.78 Å². The highest BCUT2D eigenvalue weighted by Gasteiger charge is 2.18. The van der Waals surface area contributed by atoms with Gasteiger partial charge in [-0.25, -0.2) is 4.39 Å². The summed E-state index contributed by atoms with van der Waals surface area (Å²) in [6.07, 6.45) is 1.65. The zero-order chi connectivity index (χ0) is 14.3. The summed E-state index contributed by atoms with van der Waals surface area (Å²) in [7, 11) is 0. The summed E-state index contributed by atoms with van der Waals surface area (Å²) in [5.74, 6) is -0.768. The molecule has 0 atom stereocenters. The Morgan fingerprint density at radius 1 is 1.10 bits per heavy atom. The third-order valence-corrected chi connectivity index (χ3v) is 3.53. The Labute approximate surface area is 116 Å². The van der Waals surface area contributed by atoms with Crippen LogP contribution in [0.3, 0.4) is 0 Å². The minimum atomic E-state index is -0.483. The van der Waals surface area contributed by atoms with Crippen molar-refractivity contribution >= 4 is 16.7 Å². The van der Waals surface area contributed by atoms with E-state index in [4.69, 9.17) is 0 Å². The average Bonchev–Trinajstić information content (AvgIpc) is 2.86. The zero-order valence-corrected chi connectivity index (χ0v) is 11.3. The molecule has 1 heterocycles. The van der Waals surface area contributed by atoms with Crippen molar-refractivity contribution in [2.45, 2.75) is 13.8 Å². The number of rotatable bonds is 2. The third kappa shape index (κ3) is 1.92. The number of halogens is 1. The molecule has 2 nitrogen and oxygen atoms in total. The number of H-pyrrole nitrogens is 1. The minimum Gasteiger partial charge on any atom is -0.360 e. The van der Waals surface area contributed by atoms with Crippen LogP contribution in [0.15, 0.2) is 42.6 Å². The number of carbonyl (C=O) groups is 1. The first-order valence-corrected chi connectivity index (χ1v) is 6.45. The first-order chi connectivity index (χ1) is 9.58. The molecule has 0 aliphatic carbocycles. The average molecular weight is 267 g/mol. The molecule has 0 spiro atoms. The normalized spacial score (nSPS) is 10.9. The van der Waals surface area contributed by atoms with Crippen molar-refractivity contribution in [3.05, 3.63) is 70.7 Å². The van der Waals surface area contributed by atoms with Crippen molar-refractivity contribution in [2.24, 2.45) is 0 Å². The monoisotopic (exact) mass is 267 g/mol. The highest BCUT2D eigenvalue weighted by atomic mass is 19.1. The quantitative estimate of drug-likeness (QED) is 0.695. The lowest BCUT2D eigenvalue weighted by molar-refractivity contribution is 0.103. The molecule has 0 unspecified atom stereocenters. The topological polar surface area (TPSA) is 32.9 Å². The van der Waals surface area contributed by atoms with Crippen molar-refractivity contribution in [1.82, 2.24) is 4.98 Å². The lowest BCUT2D eigenvalue weighted by atomic mass is 9.98. The molecule has 1 aromatic heterocycles. The number of aromatic amines is 1. The van der Waals surface area contributed by atoms with Crippen LogP contribution in [-0.2, 0) is 0 Å². The van der Waals surface area contributed by atoms with Crippen molar-refractivity contribution in [1.29, 1.82) is 0 Å². The second-order valence-corrected chi connectivity index (χ2v) is 5.01. The zero-order valence-electron chi connectivity index (χ0n) is 11.3. The second kappa shape index (κ2) is 4.60. The number of benzene rings is 2. The number of nitrogens with one attached hydrogen (secondary N) is 1. The number of aromatic nitrogens is 1. The molecule has 100 valence electrons. The molecule has 3 aromatic rings. The Morgan fingerprint density at radius 2 is 1.90 bits per heavy atom. The minimum absolute atomic E-state index is 0.120. The molecule has 2 aromatic carbocycles. The van der Waals surface area contributed by atoms with E-state index in [1.807, 2.05) is 32.0 Å². The van der Waals surface area contributed by atoms with Gasteiger partial charge in [-0.3, -0.25) is 4.79 Å². The van der Waals surface area contributed by atoms with Gasteiger partial charge < -0.3 is 4.98 Å². The molecule has 0 aliphatic heterocycles. The third-order valence-electron chi connectivity index (χ3n) is 3.53. The van der Waals surface area contributed by atoms with Gasteiger partial charge in [-0.1, -0.05) is 23.8 Å². The summed E-state index contributed by atoms with van der Waals surface area (Å²) in [5.41, 5.74) is 3.39. The van der Waals surface area contributed by atoms with E-state index in [1.54, 1.807) is 18.3 Å². The number of hydrogen-bond acceptors (Lipinski definition) is 1. The van der Waals surface area contributed by atoms with Crippen molar-refractivity contribution in [3.63, 3.8) is 0 Å². The number of aryl methyl sites for hydroxylation is 2. The van der Waals surface area contributed by atoms with Gasteiger partial charge in [-0.05, 0) is 37.6 Å². The van der Waals surface area contributed by atoms with E-state index in [2.05, 4.69) is 4.98 Å². The highest BCUT2D eigenvalue weighted by molar-refractivity contribution is 6.17. The predicted octanol–water partition coefficient (Wildman–Crippen LogP) is 4.15. The van der Waals surface area contributed by atoms with Gasteiger partial charge in [0.25, 0.3) is 0 Å². The summed E-state index contributed by atoms with van der Waals surface area (Å²) in [6.45, 7) is 3.79. The molecular formula is C17H14FNO. The first-order valence-electron chi connectivity index (χ1n) is 6.45. The van der Waals surface area contributed by atoms with Crippen LogP contribution in [0.4, 0.5) is 4.39 Å². The Hall–Kier alpha value is -2.42. The van der Waals surface area contributed by atoms with Crippen molar-refractivity contribution in [3.8, 4) is 0 Å². The van der Waals surface area contributed by atoms with Gasteiger partial charge in [0, 0.05) is 22.7 Å². The van der Waals surface area contributed by atoms with E-state index >= 15 is 0 Å². The summed E-state index contributed by atoms with van der Waals surface area (Å²) in [5, 5.41) is 0.860. The van der Waals surface area contributed by atoms with E-state index < -0.39 is 5.82 Å². The molecule has 0 amide bonds. The van der Waals surface area contributed by atoms with Crippen LogP contribution in [0.5, 0.6) is 0 Å². The Bertz CT molecular complexity index is 817. The van der Waals surface area contributed by atoms with Gasteiger partial charge in [-0.2, -0.15) is 0 Å². The number of fused-ring (bicyclic) bond motifs is 1. The van der Waals surface area contributed by atoms with Crippen molar-refractivity contribution in [2.75, 3.05) is 0 Å². The molecule has 20 heavy (non-hydrogen) atoms. The van der Waals surface area contributed by atoms with Crippen LogP contribution in [0.2, 0.25) is 0 Å². The van der Waals surface area contributed by atoms with Gasteiger partial charge in [0.05, 0.1) is 5.56 Å². The molecule has 0 fully saturated rings. The van der Waals surface area contributed by atoms with Crippen LogP contribution < -0.4 is 0 Å². The lowest BCUT2D eigenvalue weighted by Gasteiger charge is -2.04. The standard InChI is InChI=1S/C17H14FNO/c1-10-6-7-14(18)12(8-10)17(20)13-9-19-15-5-3-4-11(2)16(13)15/h3-9,19H,1-2H3. The van der Waals surface area contributed by atoms with E-state index in [0.717, 1.165) is 22.0 Å².